The summed E-state index contributed by atoms with van der Waals surface area (Å²) in [6.07, 6.45) is -14.7. The standard InChI is InChI=1S/C5ClF13Si/c6-20(5(17,18)19,3(13,14)1(7,8)9)4(15,16)2(10,11)12. The maximum absolute atomic E-state index is 12.6. The first-order valence-electron chi connectivity index (χ1n) is 3.90. The van der Waals surface area contributed by atoms with Crippen LogP contribution in [0.5, 0.6) is 0 Å². The van der Waals surface area contributed by atoms with E-state index in [1.807, 2.05) is 0 Å². The van der Waals surface area contributed by atoms with E-state index < -0.39 is 36.6 Å². The average molecular weight is 371 g/mol. The van der Waals surface area contributed by atoms with Crippen molar-refractivity contribution in [3.8, 4) is 0 Å². The summed E-state index contributed by atoms with van der Waals surface area (Å²) in [6, 6.07) is 0. The highest BCUT2D eigenvalue weighted by molar-refractivity contribution is 7.24. The van der Waals surface area contributed by atoms with Gasteiger partial charge in [0.05, 0.1) is 0 Å². The molecule has 0 heterocycles. The molecule has 122 valence electrons. The SMILES string of the molecule is FC(F)(F)C(F)(F)[Si](Cl)(C(F)(F)F)C(F)(F)C(F)(F)F. The van der Waals surface area contributed by atoms with E-state index in [4.69, 9.17) is 0 Å². The van der Waals surface area contributed by atoms with Crippen LogP contribution in [0.1, 0.15) is 0 Å². The molecule has 0 rings (SSSR count). The number of alkyl halides is 13. The molecule has 20 heavy (non-hydrogen) atoms. The summed E-state index contributed by atoms with van der Waals surface area (Å²) < 4.78 is 157. The zero-order valence-electron chi connectivity index (χ0n) is 8.29. The van der Waals surface area contributed by atoms with Gasteiger partial charge in [-0.1, -0.05) is 0 Å². The molecule has 0 atom stereocenters. The van der Waals surface area contributed by atoms with Crippen molar-refractivity contribution >= 4 is 18.5 Å². The predicted octanol–water partition coefficient (Wildman–Crippen LogP) is 4.75. The number of rotatable bonds is 2. The first-order valence-corrected chi connectivity index (χ1v) is 6.91. The first-order chi connectivity index (χ1) is 8.25. The minimum atomic E-state index is -9.12. The summed E-state index contributed by atoms with van der Waals surface area (Å²) in [7, 11) is -9.12. The molecule has 0 radical (unpaired) electrons. The molecule has 0 aliphatic rings. The van der Waals surface area contributed by atoms with Gasteiger partial charge in [0.1, 0.15) is 0 Å². The molecule has 0 aliphatic carbocycles. The molecule has 0 aliphatic heterocycles. The number of hydrogen-bond donors (Lipinski definition) is 0. The Bertz CT molecular complexity index is 334. The normalized spacial score (nSPS) is 16.5. The molecule has 0 bridgehead atoms. The molecule has 0 saturated heterocycles. The monoisotopic (exact) mass is 370 g/mol. The van der Waals surface area contributed by atoms with Gasteiger partial charge in [-0.15, -0.1) is 11.1 Å². The fourth-order valence-electron chi connectivity index (χ4n) is 0.944. The fourth-order valence-corrected chi connectivity index (χ4v) is 3.47. The summed E-state index contributed by atoms with van der Waals surface area (Å²) in [6.45, 7) is 0. The van der Waals surface area contributed by atoms with Gasteiger partial charge >= 0.3 is 36.6 Å². The topological polar surface area (TPSA) is 0 Å². The van der Waals surface area contributed by atoms with Gasteiger partial charge in [0.15, 0.2) is 0 Å². The Morgan fingerprint density at radius 1 is 0.500 bits per heavy atom. The van der Waals surface area contributed by atoms with Crippen LogP contribution in [-0.2, 0) is 0 Å². The number of hydrogen-bond acceptors (Lipinski definition) is 0. The van der Waals surface area contributed by atoms with Gasteiger partial charge in [0.25, 0.3) is 0 Å². The van der Waals surface area contributed by atoms with Crippen molar-refractivity contribution in [3.05, 3.63) is 0 Å². The minimum absolute atomic E-state index is 3.64. The summed E-state index contributed by atoms with van der Waals surface area (Å²) in [5.41, 5.74) is -14.9. The molecule has 0 N–H and O–H groups in total. The summed E-state index contributed by atoms with van der Waals surface area (Å²) in [5, 5.41) is 0. The zero-order valence-corrected chi connectivity index (χ0v) is 10.0. The second-order valence-corrected chi connectivity index (χ2v) is 8.14. The fraction of sp³-hybridized carbons (Fsp3) is 1.00. The van der Waals surface area contributed by atoms with Gasteiger partial charge in [-0.3, -0.25) is 0 Å². The maximum Gasteiger partial charge on any atom is 0.453 e. The molecule has 0 fully saturated rings. The van der Waals surface area contributed by atoms with Gasteiger partial charge in [0.2, 0.25) is 0 Å². The molecule has 0 aromatic heterocycles. The Balaban J connectivity index is 6.50. The van der Waals surface area contributed by atoms with Crippen molar-refractivity contribution in [2.24, 2.45) is 0 Å². The molecule has 0 spiro atoms. The molecule has 0 aromatic carbocycles. The highest BCUT2D eigenvalue weighted by Crippen LogP contribution is 2.60. The Labute approximate surface area is 106 Å². The van der Waals surface area contributed by atoms with Crippen molar-refractivity contribution in [2.75, 3.05) is 0 Å². The van der Waals surface area contributed by atoms with E-state index in [0.717, 1.165) is 0 Å². The lowest BCUT2D eigenvalue weighted by Gasteiger charge is -2.39. The van der Waals surface area contributed by atoms with E-state index >= 15 is 0 Å². The van der Waals surface area contributed by atoms with Crippen LogP contribution < -0.4 is 0 Å². The summed E-state index contributed by atoms with van der Waals surface area (Å²) in [4.78, 5) is 0. The second kappa shape index (κ2) is 4.54. The van der Waals surface area contributed by atoms with Gasteiger partial charge in [-0.2, -0.15) is 57.1 Å². The van der Waals surface area contributed by atoms with Crippen LogP contribution in [0, 0.1) is 0 Å². The van der Waals surface area contributed by atoms with Crippen LogP contribution in [0.4, 0.5) is 57.1 Å². The van der Waals surface area contributed by atoms with E-state index in [0.29, 0.717) is 0 Å². The first kappa shape index (κ1) is 19.6. The van der Waals surface area contributed by atoms with Crippen LogP contribution in [0.3, 0.4) is 0 Å². The molecule has 0 aromatic rings. The lowest BCUT2D eigenvalue weighted by molar-refractivity contribution is -0.284. The van der Waals surface area contributed by atoms with E-state index in [-0.39, 0.29) is 0 Å². The second-order valence-electron chi connectivity index (χ2n) is 3.30. The van der Waals surface area contributed by atoms with E-state index in [9.17, 15) is 57.1 Å². The van der Waals surface area contributed by atoms with Gasteiger partial charge in [-0.05, 0) is 0 Å². The molecule has 0 amide bonds. The van der Waals surface area contributed by atoms with Gasteiger partial charge in [0, 0.05) is 0 Å². The van der Waals surface area contributed by atoms with Crippen molar-refractivity contribution in [1.82, 2.24) is 0 Å². The Morgan fingerprint density at radius 2 is 0.700 bits per heavy atom. The van der Waals surface area contributed by atoms with Crippen LogP contribution in [-0.4, -0.2) is 36.6 Å². The lowest BCUT2D eigenvalue weighted by atomic mass is 10.7. The minimum Gasteiger partial charge on any atom is -0.199 e. The van der Waals surface area contributed by atoms with Crippen LogP contribution in [0.15, 0.2) is 0 Å². The smallest absolute Gasteiger partial charge is 0.199 e. The van der Waals surface area contributed by atoms with Crippen LogP contribution >= 0.6 is 11.1 Å². The largest absolute Gasteiger partial charge is 0.453 e. The third-order valence-electron chi connectivity index (χ3n) is 1.97. The average Bonchev–Trinajstić information content (AvgIpc) is 2.10. The highest BCUT2D eigenvalue weighted by Gasteiger charge is 2.95. The van der Waals surface area contributed by atoms with E-state index in [1.165, 1.54) is 0 Å². The quantitative estimate of drug-likeness (QED) is 0.374. The molecule has 15 heteroatoms. The maximum atomic E-state index is 12.6. The molecule has 0 saturated carbocycles. The molecular weight excluding hydrogens is 371 g/mol. The summed E-state index contributed by atoms with van der Waals surface area (Å²) in [5.74, 6) is -7.30. The van der Waals surface area contributed by atoms with E-state index in [1.54, 1.807) is 0 Å². The highest BCUT2D eigenvalue weighted by atomic mass is 35.6. The number of halogens is 14. The van der Waals surface area contributed by atoms with Crippen molar-refractivity contribution in [2.45, 2.75) is 29.2 Å². The Kier molecular flexibility index (Phi) is 4.45. The third kappa shape index (κ3) is 2.44. The summed E-state index contributed by atoms with van der Waals surface area (Å²) >= 11 is 3.64. The van der Waals surface area contributed by atoms with E-state index in [2.05, 4.69) is 11.1 Å². The molecule has 0 nitrogen and oxygen atoms in total. The third-order valence-corrected chi connectivity index (χ3v) is 7.11. The van der Waals surface area contributed by atoms with Crippen LogP contribution in [0.2, 0.25) is 0 Å². The lowest BCUT2D eigenvalue weighted by Crippen LogP contribution is -2.78. The van der Waals surface area contributed by atoms with Crippen molar-refractivity contribution < 1.29 is 57.1 Å². The molecular formula is C5ClF13Si. The predicted molar refractivity (Wildman–Crippen MR) is 39.7 cm³/mol. The Morgan fingerprint density at radius 3 is 0.800 bits per heavy atom. The zero-order chi connectivity index (χ0) is 17.0. The Hall–Kier alpha value is -0.403. The van der Waals surface area contributed by atoms with Crippen molar-refractivity contribution in [3.63, 3.8) is 0 Å². The van der Waals surface area contributed by atoms with Crippen molar-refractivity contribution in [1.29, 1.82) is 0 Å². The molecule has 0 unspecified atom stereocenters. The van der Waals surface area contributed by atoms with Gasteiger partial charge in [-0.25, -0.2) is 0 Å². The van der Waals surface area contributed by atoms with Gasteiger partial charge < -0.3 is 0 Å². The van der Waals surface area contributed by atoms with Crippen LogP contribution in [0.25, 0.3) is 0 Å².